The first-order chi connectivity index (χ1) is 9.20. The third-order valence-corrected chi connectivity index (χ3v) is 5.08. The lowest BCUT2D eigenvalue weighted by Crippen LogP contribution is -2.34. The molecule has 5 heteroatoms. The maximum atomic E-state index is 12.2. The lowest BCUT2D eigenvalue weighted by molar-refractivity contribution is 0.616. The zero-order chi connectivity index (χ0) is 15.1. The molecule has 110 valence electrons. The number of benzene rings is 1. The molecule has 2 aromatic rings. The average molecular weight is 293 g/mol. The highest BCUT2D eigenvalue weighted by Gasteiger charge is 2.22. The van der Waals surface area contributed by atoms with Crippen LogP contribution in [0.2, 0.25) is 0 Å². The number of nitrogens with one attached hydrogen (secondary N) is 1. The maximum absolute atomic E-state index is 12.2. The summed E-state index contributed by atoms with van der Waals surface area (Å²) in [6.45, 7) is 9.96. The summed E-state index contributed by atoms with van der Waals surface area (Å²) in [5.41, 5.74) is 3.27. The Morgan fingerprint density at radius 1 is 1.35 bits per heavy atom. The summed E-state index contributed by atoms with van der Waals surface area (Å²) >= 11 is 0. The molecule has 0 aliphatic rings. The highest BCUT2D eigenvalue weighted by Crippen LogP contribution is 2.23. The molecule has 0 aliphatic heterocycles. The van der Waals surface area contributed by atoms with Gasteiger partial charge in [-0.2, -0.15) is 5.10 Å². The second-order valence-corrected chi connectivity index (χ2v) is 8.20. The van der Waals surface area contributed by atoms with Crippen molar-refractivity contribution in [1.82, 2.24) is 14.5 Å². The van der Waals surface area contributed by atoms with Crippen LogP contribution in [0.1, 0.15) is 45.0 Å². The van der Waals surface area contributed by atoms with Crippen LogP contribution in [0.15, 0.2) is 18.2 Å². The van der Waals surface area contributed by atoms with E-state index < -0.39 is 11.0 Å². The van der Waals surface area contributed by atoms with Crippen molar-refractivity contribution >= 4 is 21.9 Å². The molecule has 0 radical (unpaired) electrons. The van der Waals surface area contributed by atoms with Gasteiger partial charge < -0.3 is 0 Å². The first-order valence-corrected chi connectivity index (χ1v) is 7.96. The molecule has 2 rings (SSSR count). The Kier molecular flexibility index (Phi) is 4.02. The number of hydrogen-bond acceptors (Lipinski definition) is 2. The summed E-state index contributed by atoms with van der Waals surface area (Å²) in [4.78, 5) is 0. The minimum atomic E-state index is -1.07. The summed E-state index contributed by atoms with van der Waals surface area (Å²) in [7, 11) is 0.877. The molecule has 0 spiro atoms. The van der Waals surface area contributed by atoms with Gasteiger partial charge in [0.2, 0.25) is 0 Å². The predicted octanol–water partition coefficient (Wildman–Crippen LogP) is 2.99. The molecule has 2 atom stereocenters. The average Bonchev–Trinajstić information content (AvgIpc) is 2.63. The monoisotopic (exact) mass is 293 g/mol. The Morgan fingerprint density at radius 3 is 2.60 bits per heavy atom. The van der Waals surface area contributed by atoms with Crippen LogP contribution in [-0.4, -0.2) is 18.7 Å². The SMILES string of the molecule is Cc1nn(C)c2ccc(C(C)N[S@](=O)C(C)(C)C)cc12. The first-order valence-electron chi connectivity index (χ1n) is 6.81. The van der Waals surface area contributed by atoms with Gasteiger partial charge in [0.15, 0.2) is 0 Å². The summed E-state index contributed by atoms with van der Waals surface area (Å²) < 4.78 is 17.0. The van der Waals surface area contributed by atoms with E-state index in [1.54, 1.807) is 0 Å². The van der Waals surface area contributed by atoms with Gasteiger partial charge in [0, 0.05) is 18.5 Å². The minimum Gasteiger partial charge on any atom is -0.268 e. The molecule has 0 saturated carbocycles. The molecule has 20 heavy (non-hydrogen) atoms. The molecule has 1 aromatic heterocycles. The number of rotatable bonds is 3. The molecule has 1 unspecified atom stereocenters. The summed E-state index contributed by atoms with van der Waals surface area (Å²) in [5.74, 6) is 0. The van der Waals surface area contributed by atoms with Gasteiger partial charge in [-0.25, -0.2) is 8.93 Å². The number of hydrogen-bond donors (Lipinski definition) is 1. The molecule has 4 nitrogen and oxygen atoms in total. The minimum absolute atomic E-state index is 0.0408. The van der Waals surface area contributed by atoms with E-state index in [4.69, 9.17) is 0 Å². The summed E-state index contributed by atoms with van der Waals surface area (Å²) in [5, 5.41) is 5.58. The van der Waals surface area contributed by atoms with Gasteiger partial charge >= 0.3 is 0 Å². The van der Waals surface area contributed by atoms with Crippen molar-refractivity contribution in [1.29, 1.82) is 0 Å². The lowest BCUT2D eigenvalue weighted by Gasteiger charge is -2.22. The van der Waals surface area contributed by atoms with Crippen LogP contribution in [0, 0.1) is 6.92 Å². The molecule has 1 aromatic carbocycles. The van der Waals surface area contributed by atoms with Crippen molar-refractivity contribution in [2.45, 2.75) is 45.4 Å². The highest BCUT2D eigenvalue weighted by molar-refractivity contribution is 7.84. The largest absolute Gasteiger partial charge is 0.268 e. The molecule has 0 amide bonds. The van der Waals surface area contributed by atoms with Crippen LogP contribution < -0.4 is 4.72 Å². The number of nitrogens with zero attached hydrogens (tertiary/aromatic N) is 2. The maximum Gasteiger partial charge on any atom is 0.0975 e. The fraction of sp³-hybridized carbons (Fsp3) is 0.533. The Labute approximate surface area is 123 Å². The van der Waals surface area contributed by atoms with Gasteiger partial charge in [0.05, 0.1) is 26.9 Å². The lowest BCUT2D eigenvalue weighted by atomic mass is 10.1. The number of fused-ring (bicyclic) bond motifs is 1. The van der Waals surface area contributed by atoms with Crippen LogP contribution in [0.4, 0.5) is 0 Å². The van der Waals surface area contributed by atoms with Crippen molar-refractivity contribution in [2.24, 2.45) is 7.05 Å². The fourth-order valence-electron chi connectivity index (χ4n) is 2.13. The van der Waals surface area contributed by atoms with Crippen molar-refractivity contribution in [3.63, 3.8) is 0 Å². The Morgan fingerprint density at radius 2 is 2.00 bits per heavy atom. The Balaban J connectivity index is 2.29. The van der Waals surface area contributed by atoms with Crippen molar-refractivity contribution < 1.29 is 4.21 Å². The van der Waals surface area contributed by atoms with Crippen molar-refractivity contribution in [3.8, 4) is 0 Å². The zero-order valence-corrected chi connectivity index (χ0v) is 13.8. The van der Waals surface area contributed by atoms with Crippen LogP contribution >= 0.6 is 0 Å². The zero-order valence-electron chi connectivity index (χ0n) is 13.0. The van der Waals surface area contributed by atoms with E-state index in [1.807, 2.05) is 46.3 Å². The Bertz CT molecular complexity index is 655. The van der Waals surface area contributed by atoms with E-state index in [0.717, 1.165) is 22.2 Å². The molecule has 0 fully saturated rings. The predicted molar refractivity (Wildman–Crippen MR) is 84.9 cm³/mol. The van der Waals surface area contributed by atoms with E-state index in [2.05, 4.69) is 28.0 Å². The standard InChI is InChI=1S/C15H23N3OS/c1-10(17-20(19)15(3,4)5)12-7-8-14-13(9-12)11(2)16-18(14)6/h7-10,17H,1-6H3/t10?,20-/m1/s1. The van der Waals surface area contributed by atoms with E-state index in [0.29, 0.717) is 0 Å². The fourth-order valence-corrected chi connectivity index (χ4v) is 2.94. The normalized spacial score (nSPS) is 15.5. The summed E-state index contributed by atoms with van der Waals surface area (Å²) in [6, 6.07) is 6.32. The second kappa shape index (κ2) is 5.30. The molecular weight excluding hydrogens is 270 g/mol. The van der Waals surface area contributed by atoms with Gasteiger partial charge in [-0.15, -0.1) is 0 Å². The Hall–Kier alpha value is -1.20. The molecule has 1 heterocycles. The third kappa shape index (κ3) is 2.94. The van der Waals surface area contributed by atoms with Gasteiger partial charge in [0.1, 0.15) is 0 Å². The molecule has 0 bridgehead atoms. The second-order valence-electron chi connectivity index (χ2n) is 6.21. The highest BCUT2D eigenvalue weighted by atomic mass is 32.2. The third-order valence-electron chi connectivity index (χ3n) is 3.40. The number of aromatic nitrogens is 2. The molecule has 1 N–H and O–H groups in total. The quantitative estimate of drug-likeness (QED) is 0.945. The molecular formula is C15H23N3OS. The van der Waals surface area contributed by atoms with Gasteiger partial charge in [0.25, 0.3) is 0 Å². The van der Waals surface area contributed by atoms with E-state index in [9.17, 15) is 4.21 Å². The van der Waals surface area contributed by atoms with E-state index in [-0.39, 0.29) is 10.8 Å². The van der Waals surface area contributed by atoms with Crippen LogP contribution in [0.5, 0.6) is 0 Å². The van der Waals surface area contributed by atoms with Crippen LogP contribution in [0.3, 0.4) is 0 Å². The van der Waals surface area contributed by atoms with E-state index >= 15 is 0 Å². The van der Waals surface area contributed by atoms with Crippen molar-refractivity contribution in [2.75, 3.05) is 0 Å². The molecule has 0 aliphatic carbocycles. The van der Waals surface area contributed by atoms with Gasteiger partial charge in [-0.05, 0) is 52.3 Å². The first kappa shape index (κ1) is 15.2. The summed E-state index contributed by atoms with van der Waals surface area (Å²) in [6.07, 6.45) is 0. The van der Waals surface area contributed by atoms with Crippen LogP contribution in [-0.2, 0) is 18.0 Å². The van der Waals surface area contributed by atoms with Gasteiger partial charge in [-0.1, -0.05) is 6.07 Å². The van der Waals surface area contributed by atoms with Gasteiger partial charge in [-0.3, -0.25) is 4.68 Å². The number of aryl methyl sites for hydroxylation is 2. The smallest absolute Gasteiger partial charge is 0.0975 e. The van der Waals surface area contributed by atoms with Crippen LogP contribution in [0.25, 0.3) is 10.9 Å². The topological polar surface area (TPSA) is 46.9 Å². The van der Waals surface area contributed by atoms with E-state index in [1.165, 1.54) is 0 Å². The molecule has 0 saturated heterocycles. The van der Waals surface area contributed by atoms with Crippen molar-refractivity contribution in [3.05, 3.63) is 29.5 Å².